The van der Waals surface area contributed by atoms with Gasteiger partial charge in [0.15, 0.2) is 5.75 Å². The number of fused-ring (bicyclic) bond motifs is 1. The van der Waals surface area contributed by atoms with Crippen LogP contribution < -0.4 is 5.43 Å². The number of aromatic hydroxyl groups is 3. The van der Waals surface area contributed by atoms with Crippen LogP contribution in [0.2, 0.25) is 0 Å². The first-order chi connectivity index (χ1) is 11.0. The minimum absolute atomic E-state index is 0.0401. The fourth-order valence-corrected chi connectivity index (χ4v) is 2.65. The molecule has 3 N–H and O–H groups in total. The van der Waals surface area contributed by atoms with Crippen LogP contribution in [0.4, 0.5) is 4.39 Å². The van der Waals surface area contributed by atoms with E-state index in [4.69, 9.17) is 0 Å². The van der Waals surface area contributed by atoms with Crippen LogP contribution in [0.15, 0.2) is 47.3 Å². The number of hydrogen-bond acceptors (Lipinski definition) is 4. The number of alkyl halides is 1. The van der Waals surface area contributed by atoms with Crippen LogP contribution in [0.5, 0.6) is 17.2 Å². The van der Waals surface area contributed by atoms with Gasteiger partial charge in [0.25, 0.3) is 0 Å². The largest absolute Gasteiger partial charge is 0.508 e. The Hall–Kier alpha value is -3.02. The summed E-state index contributed by atoms with van der Waals surface area (Å²) in [5.74, 6) is -0.598. The van der Waals surface area contributed by atoms with Gasteiger partial charge >= 0.3 is 0 Å². The molecule has 0 saturated carbocycles. The lowest BCUT2D eigenvalue weighted by Crippen LogP contribution is -2.14. The van der Waals surface area contributed by atoms with Crippen LogP contribution in [0.25, 0.3) is 22.2 Å². The minimum Gasteiger partial charge on any atom is -0.508 e. The molecule has 2 aromatic carbocycles. The minimum atomic E-state index is -0.691. The van der Waals surface area contributed by atoms with Crippen LogP contribution in [-0.4, -0.2) is 26.6 Å². The van der Waals surface area contributed by atoms with Gasteiger partial charge in [0.2, 0.25) is 5.43 Å². The molecule has 0 aliphatic carbocycles. The first-order valence-electron chi connectivity index (χ1n) is 6.97. The number of phenolic OH excluding ortho intramolecular Hbond substituents is 2. The smallest absolute Gasteiger partial charge is 0.231 e. The Morgan fingerprint density at radius 3 is 2.26 bits per heavy atom. The number of pyridine rings is 1. The summed E-state index contributed by atoms with van der Waals surface area (Å²) in [7, 11) is 0. The van der Waals surface area contributed by atoms with Crippen LogP contribution >= 0.6 is 0 Å². The van der Waals surface area contributed by atoms with Gasteiger partial charge < -0.3 is 19.9 Å². The maximum atomic E-state index is 13.0. The van der Waals surface area contributed by atoms with Gasteiger partial charge in [-0.15, -0.1) is 0 Å². The summed E-state index contributed by atoms with van der Waals surface area (Å²) >= 11 is 0. The second kappa shape index (κ2) is 5.64. The highest BCUT2D eigenvalue weighted by Crippen LogP contribution is 2.32. The fourth-order valence-electron chi connectivity index (χ4n) is 2.65. The number of aromatic nitrogens is 1. The lowest BCUT2D eigenvalue weighted by molar-refractivity contribution is 0.438. The predicted molar refractivity (Wildman–Crippen MR) is 84.6 cm³/mol. The average Bonchev–Trinajstić information content (AvgIpc) is 2.54. The van der Waals surface area contributed by atoms with E-state index >= 15 is 0 Å². The van der Waals surface area contributed by atoms with Gasteiger partial charge in [0.1, 0.15) is 18.2 Å². The van der Waals surface area contributed by atoms with Crippen molar-refractivity contribution in [2.75, 3.05) is 6.67 Å². The third-order valence-electron chi connectivity index (χ3n) is 3.67. The summed E-state index contributed by atoms with van der Waals surface area (Å²) in [6.07, 6.45) is 0. The van der Waals surface area contributed by atoms with E-state index in [9.17, 15) is 24.5 Å². The maximum absolute atomic E-state index is 13.0. The highest BCUT2D eigenvalue weighted by Gasteiger charge is 2.18. The molecule has 5 nitrogen and oxygen atoms in total. The SMILES string of the molecule is O=c1c(O)c(-c2ccc(O)cc2)n(CCF)c2ccc(O)cc12. The van der Waals surface area contributed by atoms with Crippen molar-refractivity contribution in [1.82, 2.24) is 4.57 Å². The van der Waals surface area contributed by atoms with E-state index in [0.29, 0.717) is 11.1 Å². The highest BCUT2D eigenvalue weighted by atomic mass is 19.1. The quantitative estimate of drug-likeness (QED) is 0.694. The average molecular weight is 315 g/mol. The maximum Gasteiger partial charge on any atom is 0.231 e. The van der Waals surface area contributed by atoms with Crippen molar-refractivity contribution < 1.29 is 19.7 Å². The molecular weight excluding hydrogens is 301 g/mol. The van der Waals surface area contributed by atoms with Gasteiger partial charge in [0, 0.05) is 5.56 Å². The normalized spacial score (nSPS) is 11.0. The number of phenols is 2. The van der Waals surface area contributed by atoms with E-state index in [1.54, 1.807) is 0 Å². The Balaban J connectivity index is 2.42. The number of aryl methyl sites for hydroxylation is 1. The molecule has 23 heavy (non-hydrogen) atoms. The van der Waals surface area contributed by atoms with Gasteiger partial charge in [-0.25, -0.2) is 4.39 Å². The second-order valence-corrected chi connectivity index (χ2v) is 5.12. The Morgan fingerprint density at radius 2 is 1.61 bits per heavy atom. The molecule has 3 aromatic rings. The molecule has 0 aliphatic heterocycles. The van der Waals surface area contributed by atoms with Crippen LogP contribution in [0.1, 0.15) is 0 Å². The lowest BCUT2D eigenvalue weighted by atomic mass is 10.1. The van der Waals surface area contributed by atoms with Gasteiger partial charge in [-0.3, -0.25) is 4.79 Å². The zero-order chi connectivity index (χ0) is 16.6. The summed E-state index contributed by atoms with van der Waals surface area (Å²) in [5, 5.41) is 29.4. The Labute approximate surface area is 130 Å². The van der Waals surface area contributed by atoms with Crippen LogP contribution in [0, 0.1) is 0 Å². The molecule has 0 radical (unpaired) electrons. The van der Waals surface area contributed by atoms with Crippen molar-refractivity contribution >= 4 is 10.9 Å². The van der Waals surface area contributed by atoms with E-state index < -0.39 is 17.9 Å². The molecule has 0 spiro atoms. The summed E-state index contributed by atoms with van der Waals surface area (Å²) in [4.78, 5) is 12.4. The van der Waals surface area contributed by atoms with Crippen LogP contribution in [-0.2, 0) is 6.54 Å². The summed E-state index contributed by atoms with van der Waals surface area (Å²) < 4.78 is 14.5. The van der Waals surface area contributed by atoms with E-state index in [1.807, 2.05) is 0 Å². The van der Waals surface area contributed by atoms with E-state index in [-0.39, 0.29) is 29.1 Å². The topological polar surface area (TPSA) is 82.7 Å². The molecule has 0 amide bonds. The molecule has 0 aliphatic rings. The Morgan fingerprint density at radius 1 is 0.957 bits per heavy atom. The molecule has 0 saturated heterocycles. The summed E-state index contributed by atoms with van der Waals surface area (Å²) in [5.41, 5.74) is 0.409. The van der Waals surface area contributed by atoms with Gasteiger partial charge in [-0.1, -0.05) is 0 Å². The van der Waals surface area contributed by atoms with E-state index in [0.717, 1.165) is 0 Å². The van der Waals surface area contributed by atoms with Gasteiger partial charge in [-0.05, 0) is 42.5 Å². The zero-order valence-electron chi connectivity index (χ0n) is 12.0. The van der Waals surface area contributed by atoms with Crippen molar-refractivity contribution in [2.24, 2.45) is 0 Å². The first-order valence-corrected chi connectivity index (χ1v) is 6.97. The standard InChI is InChI=1S/C17H14FNO4/c18-7-8-19-14-6-5-12(21)9-13(14)16(22)17(23)15(19)10-1-3-11(20)4-2-10/h1-6,9,20-21,23H,7-8H2. The fraction of sp³-hybridized carbons (Fsp3) is 0.118. The molecule has 0 atom stereocenters. The van der Waals surface area contributed by atoms with Crippen molar-refractivity contribution in [2.45, 2.75) is 6.54 Å². The number of benzene rings is 2. The molecule has 0 unspecified atom stereocenters. The molecule has 1 aromatic heterocycles. The number of halogens is 1. The molecular formula is C17H14FNO4. The molecule has 3 rings (SSSR count). The van der Waals surface area contributed by atoms with Crippen molar-refractivity contribution in [3.63, 3.8) is 0 Å². The Kier molecular flexibility index (Phi) is 3.65. The van der Waals surface area contributed by atoms with Gasteiger partial charge in [-0.2, -0.15) is 0 Å². The van der Waals surface area contributed by atoms with E-state index in [1.165, 1.54) is 47.0 Å². The van der Waals surface area contributed by atoms with E-state index in [2.05, 4.69) is 0 Å². The highest BCUT2D eigenvalue weighted by molar-refractivity contribution is 5.86. The van der Waals surface area contributed by atoms with Gasteiger partial charge in [0.05, 0.1) is 23.1 Å². The molecule has 0 bridgehead atoms. The summed E-state index contributed by atoms with van der Waals surface area (Å²) in [6.45, 7) is -0.755. The summed E-state index contributed by atoms with van der Waals surface area (Å²) in [6, 6.07) is 10.0. The number of hydrogen-bond donors (Lipinski definition) is 3. The zero-order valence-corrected chi connectivity index (χ0v) is 12.0. The van der Waals surface area contributed by atoms with Crippen molar-refractivity contribution in [1.29, 1.82) is 0 Å². The Bertz CT molecular complexity index is 932. The lowest BCUT2D eigenvalue weighted by Gasteiger charge is -2.17. The van der Waals surface area contributed by atoms with Crippen molar-refractivity contribution in [3.05, 3.63) is 52.7 Å². The third-order valence-corrected chi connectivity index (χ3v) is 3.67. The molecule has 0 fully saturated rings. The monoisotopic (exact) mass is 315 g/mol. The molecule has 6 heteroatoms. The number of nitrogens with zero attached hydrogens (tertiary/aromatic N) is 1. The molecule has 1 heterocycles. The van der Waals surface area contributed by atoms with Crippen molar-refractivity contribution in [3.8, 4) is 28.5 Å². The second-order valence-electron chi connectivity index (χ2n) is 5.12. The third kappa shape index (κ3) is 2.48. The first kappa shape index (κ1) is 14.9. The van der Waals surface area contributed by atoms with Crippen LogP contribution in [0.3, 0.4) is 0 Å². The predicted octanol–water partition coefficient (Wildman–Crippen LogP) is 2.75. The molecule has 118 valence electrons. The number of rotatable bonds is 3.